The van der Waals surface area contributed by atoms with E-state index < -0.39 is 12.0 Å². The van der Waals surface area contributed by atoms with Crippen molar-refractivity contribution in [3.8, 4) is 0 Å². The van der Waals surface area contributed by atoms with Gasteiger partial charge in [-0.15, -0.1) is 0 Å². The monoisotopic (exact) mass is 253 g/mol. The average Bonchev–Trinajstić information content (AvgIpc) is 2.35. The maximum atomic E-state index is 11.1. The number of carboxylic acids is 1. The van der Waals surface area contributed by atoms with Gasteiger partial charge in [0.2, 0.25) is 0 Å². The molecule has 0 aliphatic carbocycles. The molecule has 1 aromatic rings. The molecule has 1 rings (SSSR count). The summed E-state index contributed by atoms with van der Waals surface area (Å²) in [4.78, 5) is 11.1. The first-order chi connectivity index (χ1) is 8.19. The molecule has 0 aliphatic rings. The summed E-state index contributed by atoms with van der Waals surface area (Å²) in [6.45, 7) is 2.05. The van der Waals surface area contributed by atoms with Crippen molar-refractivity contribution < 1.29 is 9.90 Å². The molecule has 0 aromatic heterocycles. The van der Waals surface area contributed by atoms with Crippen LogP contribution in [0.4, 0.5) is 0 Å². The maximum absolute atomic E-state index is 11.1. The number of thiol groups is 1. The van der Waals surface area contributed by atoms with Crippen molar-refractivity contribution in [2.45, 2.75) is 31.8 Å². The molecule has 0 spiro atoms. The zero-order chi connectivity index (χ0) is 12.7. The standard InChI is InChI=1S/C13H19NO2S/c1-2-11(10-6-4-3-5-7-10)14-12(8-9-17)13(15)16/h3-7,11-12,14,17H,2,8-9H2,1H3,(H,15,16). The molecular formula is C13H19NO2S. The van der Waals surface area contributed by atoms with Crippen molar-refractivity contribution in [2.75, 3.05) is 5.75 Å². The second kappa shape index (κ2) is 7.35. The lowest BCUT2D eigenvalue weighted by atomic mass is 10.0. The van der Waals surface area contributed by atoms with Crippen molar-refractivity contribution >= 4 is 18.6 Å². The van der Waals surface area contributed by atoms with Gasteiger partial charge in [0, 0.05) is 6.04 Å². The van der Waals surface area contributed by atoms with Crippen molar-refractivity contribution in [3.63, 3.8) is 0 Å². The lowest BCUT2D eigenvalue weighted by Crippen LogP contribution is -2.39. The number of aliphatic carboxylic acids is 1. The number of nitrogens with one attached hydrogen (secondary N) is 1. The van der Waals surface area contributed by atoms with E-state index in [0.29, 0.717) is 12.2 Å². The van der Waals surface area contributed by atoms with Gasteiger partial charge in [0.05, 0.1) is 0 Å². The SMILES string of the molecule is CCC(NC(CCS)C(=O)O)c1ccccc1. The van der Waals surface area contributed by atoms with Crippen molar-refractivity contribution in [1.29, 1.82) is 0 Å². The van der Waals surface area contributed by atoms with Crippen LogP contribution in [0, 0.1) is 0 Å². The Morgan fingerprint density at radius 1 is 1.41 bits per heavy atom. The third kappa shape index (κ3) is 4.40. The zero-order valence-corrected chi connectivity index (χ0v) is 10.9. The van der Waals surface area contributed by atoms with Gasteiger partial charge in [-0.3, -0.25) is 10.1 Å². The van der Waals surface area contributed by atoms with Gasteiger partial charge in [-0.1, -0.05) is 37.3 Å². The Bertz CT molecular complexity index is 343. The van der Waals surface area contributed by atoms with Crippen LogP contribution in [-0.4, -0.2) is 22.9 Å². The van der Waals surface area contributed by atoms with Gasteiger partial charge in [-0.2, -0.15) is 12.6 Å². The average molecular weight is 253 g/mol. The van der Waals surface area contributed by atoms with E-state index in [4.69, 9.17) is 5.11 Å². The van der Waals surface area contributed by atoms with Gasteiger partial charge < -0.3 is 5.11 Å². The van der Waals surface area contributed by atoms with Crippen LogP contribution < -0.4 is 5.32 Å². The van der Waals surface area contributed by atoms with E-state index in [9.17, 15) is 4.79 Å². The first-order valence-electron chi connectivity index (χ1n) is 5.83. The molecule has 4 heteroatoms. The number of hydrogen-bond donors (Lipinski definition) is 3. The molecule has 3 nitrogen and oxygen atoms in total. The first kappa shape index (κ1) is 14.1. The summed E-state index contributed by atoms with van der Waals surface area (Å²) in [5.74, 6) is -0.247. The molecule has 0 heterocycles. The third-order valence-electron chi connectivity index (χ3n) is 2.73. The van der Waals surface area contributed by atoms with Crippen molar-refractivity contribution in [2.24, 2.45) is 0 Å². The third-order valence-corrected chi connectivity index (χ3v) is 2.99. The van der Waals surface area contributed by atoms with Gasteiger partial charge >= 0.3 is 5.97 Å². The van der Waals surface area contributed by atoms with Crippen LogP contribution in [0.5, 0.6) is 0 Å². The Morgan fingerprint density at radius 3 is 2.53 bits per heavy atom. The quantitative estimate of drug-likeness (QED) is 0.654. The number of carbonyl (C=O) groups is 1. The summed E-state index contributed by atoms with van der Waals surface area (Å²) in [5.41, 5.74) is 1.13. The Kier molecular flexibility index (Phi) is 6.08. The minimum atomic E-state index is -0.812. The number of hydrogen-bond acceptors (Lipinski definition) is 3. The van der Waals surface area contributed by atoms with E-state index in [1.165, 1.54) is 0 Å². The summed E-state index contributed by atoms with van der Waals surface area (Å²) < 4.78 is 0. The maximum Gasteiger partial charge on any atom is 0.320 e. The summed E-state index contributed by atoms with van der Waals surface area (Å²) >= 11 is 4.09. The largest absolute Gasteiger partial charge is 0.480 e. The van der Waals surface area contributed by atoms with Crippen LogP contribution in [0.2, 0.25) is 0 Å². The predicted molar refractivity (Wildman–Crippen MR) is 72.5 cm³/mol. The van der Waals surface area contributed by atoms with E-state index in [1.54, 1.807) is 0 Å². The molecule has 17 heavy (non-hydrogen) atoms. The molecule has 0 saturated heterocycles. The van der Waals surface area contributed by atoms with Crippen LogP contribution in [0.15, 0.2) is 30.3 Å². The Hall–Kier alpha value is -1.00. The normalized spacial score (nSPS) is 14.2. The van der Waals surface area contributed by atoms with Crippen LogP contribution in [-0.2, 0) is 4.79 Å². The highest BCUT2D eigenvalue weighted by Crippen LogP contribution is 2.17. The van der Waals surface area contributed by atoms with Crippen molar-refractivity contribution in [3.05, 3.63) is 35.9 Å². The number of carboxylic acid groups (broad SMARTS) is 1. The second-order valence-corrected chi connectivity index (χ2v) is 4.39. The highest BCUT2D eigenvalue weighted by molar-refractivity contribution is 7.80. The predicted octanol–water partition coefficient (Wildman–Crippen LogP) is 2.50. The molecule has 0 saturated carbocycles. The molecule has 2 unspecified atom stereocenters. The highest BCUT2D eigenvalue weighted by Gasteiger charge is 2.20. The van der Waals surface area contributed by atoms with E-state index in [1.807, 2.05) is 37.3 Å². The lowest BCUT2D eigenvalue weighted by molar-refractivity contribution is -0.139. The molecule has 2 atom stereocenters. The smallest absolute Gasteiger partial charge is 0.320 e. The van der Waals surface area contributed by atoms with Gasteiger partial charge in [0.15, 0.2) is 0 Å². The zero-order valence-electron chi connectivity index (χ0n) is 9.97. The van der Waals surface area contributed by atoms with Gasteiger partial charge in [-0.25, -0.2) is 0 Å². The molecule has 1 aromatic carbocycles. The number of rotatable bonds is 7. The fourth-order valence-electron chi connectivity index (χ4n) is 1.79. The Morgan fingerprint density at radius 2 is 2.06 bits per heavy atom. The first-order valence-corrected chi connectivity index (χ1v) is 6.47. The summed E-state index contributed by atoms with van der Waals surface area (Å²) in [7, 11) is 0. The molecule has 0 bridgehead atoms. The van der Waals surface area contributed by atoms with E-state index in [-0.39, 0.29) is 6.04 Å². The molecule has 2 N–H and O–H groups in total. The van der Waals surface area contributed by atoms with Crippen LogP contribution in [0.1, 0.15) is 31.4 Å². The van der Waals surface area contributed by atoms with Crippen LogP contribution >= 0.6 is 12.6 Å². The fraction of sp³-hybridized carbons (Fsp3) is 0.462. The molecule has 94 valence electrons. The van der Waals surface area contributed by atoms with E-state index >= 15 is 0 Å². The van der Waals surface area contributed by atoms with Gasteiger partial charge in [0.25, 0.3) is 0 Å². The summed E-state index contributed by atoms with van der Waals surface area (Å²) in [6, 6.07) is 9.47. The topological polar surface area (TPSA) is 49.3 Å². The van der Waals surface area contributed by atoms with Crippen molar-refractivity contribution in [1.82, 2.24) is 5.32 Å². The molecule has 0 fully saturated rings. The van der Waals surface area contributed by atoms with Crippen LogP contribution in [0.3, 0.4) is 0 Å². The van der Waals surface area contributed by atoms with Crippen LogP contribution in [0.25, 0.3) is 0 Å². The van der Waals surface area contributed by atoms with Gasteiger partial charge in [0.1, 0.15) is 6.04 Å². The molecular weight excluding hydrogens is 234 g/mol. The fourth-order valence-corrected chi connectivity index (χ4v) is 2.04. The minimum Gasteiger partial charge on any atom is -0.480 e. The Labute approximate surface area is 108 Å². The molecule has 0 aliphatic heterocycles. The Balaban J connectivity index is 2.71. The van der Waals surface area contributed by atoms with E-state index in [2.05, 4.69) is 17.9 Å². The van der Waals surface area contributed by atoms with Gasteiger partial charge in [-0.05, 0) is 24.2 Å². The highest BCUT2D eigenvalue weighted by atomic mass is 32.1. The molecule has 0 amide bonds. The number of benzene rings is 1. The molecule has 0 radical (unpaired) electrons. The second-order valence-electron chi connectivity index (χ2n) is 3.94. The lowest BCUT2D eigenvalue weighted by Gasteiger charge is -2.22. The summed E-state index contributed by atoms with van der Waals surface area (Å²) in [5, 5.41) is 12.3. The minimum absolute atomic E-state index is 0.0807. The van der Waals surface area contributed by atoms with E-state index in [0.717, 1.165) is 12.0 Å². The summed E-state index contributed by atoms with van der Waals surface area (Å²) in [6.07, 6.45) is 1.39.